The zero-order chi connectivity index (χ0) is 14.8. The first kappa shape index (κ1) is 14.4. The van der Waals surface area contributed by atoms with Crippen LogP contribution in [0.15, 0.2) is 40.2 Å². The van der Waals surface area contributed by atoms with Crippen molar-refractivity contribution in [3.05, 3.63) is 50.4 Å². The van der Waals surface area contributed by atoms with Crippen molar-refractivity contribution < 1.29 is 9.53 Å². The topological polar surface area (TPSA) is 59.2 Å². The monoisotopic (exact) mass is 321 g/mol. The molecule has 0 spiro atoms. The number of rotatable bonds is 3. The van der Waals surface area contributed by atoms with Crippen LogP contribution in [0.1, 0.15) is 23.3 Å². The standard InChI is InChI=1S/C15H15NO3S2/c1-2-19-14(17)10-8-20-13-12(21-15(18)16-13)11(10)9-6-4-3-5-7-9/h3-7,10-11H,2,8H2,1H3,(H,16,18)/t10-,11+/m1/s1. The summed E-state index contributed by atoms with van der Waals surface area (Å²) in [5, 5.41) is 0.888. The van der Waals surface area contributed by atoms with Gasteiger partial charge in [-0.15, -0.1) is 11.8 Å². The Morgan fingerprint density at radius 1 is 1.38 bits per heavy atom. The van der Waals surface area contributed by atoms with Crippen molar-refractivity contribution >= 4 is 29.1 Å². The van der Waals surface area contributed by atoms with E-state index in [1.807, 2.05) is 37.3 Å². The zero-order valence-electron chi connectivity index (χ0n) is 11.5. The number of aromatic amines is 1. The number of thiazole rings is 1. The minimum Gasteiger partial charge on any atom is -0.466 e. The highest BCUT2D eigenvalue weighted by Gasteiger charge is 2.38. The Morgan fingerprint density at radius 2 is 2.14 bits per heavy atom. The van der Waals surface area contributed by atoms with Gasteiger partial charge in [-0.2, -0.15) is 0 Å². The molecular formula is C15H15NO3S2. The van der Waals surface area contributed by atoms with Crippen molar-refractivity contribution in [2.45, 2.75) is 17.9 Å². The molecule has 3 rings (SSSR count). The molecule has 6 heteroatoms. The van der Waals surface area contributed by atoms with Crippen LogP contribution < -0.4 is 4.87 Å². The van der Waals surface area contributed by atoms with Gasteiger partial charge in [-0.1, -0.05) is 41.7 Å². The molecule has 1 aromatic heterocycles. The van der Waals surface area contributed by atoms with Gasteiger partial charge in [0.05, 0.1) is 17.6 Å². The Balaban J connectivity index is 2.06. The van der Waals surface area contributed by atoms with E-state index >= 15 is 0 Å². The number of fused-ring (bicyclic) bond motifs is 1. The fraction of sp³-hybridized carbons (Fsp3) is 0.333. The summed E-state index contributed by atoms with van der Waals surface area (Å²) in [7, 11) is 0. The minimum atomic E-state index is -0.253. The molecule has 4 nitrogen and oxygen atoms in total. The molecule has 0 amide bonds. The highest BCUT2D eigenvalue weighted by Crippen LogP contribution is 2.45. The molecule has 0 saturated heterocycles. The van der Waals surface area contributed by atoms with Gasteiger partial charge in [0, 0.05) is 16.5 Å². The summed E-state index contributed by atoms with van der Waals surface area (Å²) in [5.41, 5.74) is 1.05. The summed E-state index contributed by atoms with van der Waals surface area (Å²) in [6.45, 7) is 2.18. The van der Waals surface area contributed by atoms with Gasteiger partial charge in [-0.25, -0.2) is 0 Å². The summed E-state index contributed by atoms with van der Waals surface area (Å²) < 4.78 is 5.22. The van der Waals surface area contributed by atoms with Gasteiger partial charge < -0.3 is 9.72 Å². The fourth-order valence-corrected chi connectivity index (χ4v) is 4.99. The van der Waals surface area contributed by atoms with Crippen molar-refractivity contribution in [2.75, 3.05) is 12.4 Å². The van der Waals surface area contributed by atoms with Gasteiger partial charge in [-0.05, 0) is 12.5 Å². The highest BCUT2D eigenvalue weighted by molar-refractivity contribution is 7.99. The number of carbonyl (C=O) groups is 1. The molecule has 0 aliphatic carbocycles. The molecule has 0 saturated carbocycles. The Hall–Kier alpha value is -1.53. The second kappa shape index (κ2) is 6.07. The van der Waals surface area contributed by atoms with E-state index in [2.05, 4.69) is 4.98 Å². The van der Waals surface area contributed by atoms with Crippen LogP contribution in [0.25, 0.3) is 0 Å². The lowest BCUT2D eigenvalue weighted by Crippen LogP contribution is -2.29. The van der Waals surface area contributed by atoms with Gasteiger partial charge in [-0.3, -0.25) is 9.59 Å². The zero-order valence-corrected chi connectivity index (χ0v) is 13.1. The molecule has 0 fully saturated rings. The maximum Gasteiger partial charge on any atom is 0.310 e. The summed E-state index contributed by atoms with van der Waals surface area (Å²) in [6, 6.07) is 9.85. The van der Waals surface area contributed by atoms with Crippen LogP contribution in [-0.2, 0) is 9.53 Å². The SMILES string of the molecule is CCOC(=O)[C@@H]1CSc2[nH]c(=O)sc2[C@H]1c1ccccc1. The van der Waals surface area contributed by atoms with Gasteiger partial charge in [0.1, 0.15) is 0 Å². The van der Waals surface area contributed by atoms with E-state index in [1.54, 1.807) is 0 Å². The normalized spacial score (nSPS) is 20.8. The number of hydrogen-bond donors (Lipinski definition) is 1. The maximum absolute atomic E-state index is 12.3. The predicted octanol–water partition coefficient (Wildman–Crippen LogP) is 2.85. The Kier molecular flexibility index (Phi) is 4.17. The lowest BCUT2D eigenvalue weighted by atomic mass is 9.86. The third-order valence-corrected chi connectivity index (χ3v) is 5.71. The van der Waals surface area contributed by atoms with E-state index in [1.165, 1.54) is 23.1 Å². The molecule has 0 radical (unpaired) electrons. The van der Waals surface area contributed by atoms with Gasteiger partial charge in [0.25, 0.3) is 0 Å². The largest absolute Gasteiger partial charge is 0.466 e. The number of ether oxygens (including phenoxy) is 1. The summed E-state index contributed by atoms with van der Waals surface area (Å²) >= 11 is 2.72. The number of thioether (sulfide) groups is 1. The third kappa shape index (κ3) is 2.78. The molecule has 2 heterocycles. The molecule has 110 valence electrons. The molecule has 21 heavy (non-hydrogen) atoms. The van der Waals surface area contributed by atoms with Gasteiger partial charge in [0.2, 0.25) is 0 Å². The van der Waals surface area contributed by atoms with Crippen molar-refractivity contribution in [3.63, 3.8) is 0 Å². The average molecular weight is 321 g/mol. The van der Waals surface area contributed by atoms with E-state index < -0.39 is 0 Å². The lowest BCUT2D eigenvalue weighted by molar-refractivity contribution is -0.147. The quantitative estimate of drug-likeness (QED) is 0.883. The number of hydrogen-bond acceptors (Lipinski definition) is 5. The van der Waals surface area contributed by atoms with Crippen LogP contribution in [0.4, 0.5) is 0 Å². The number of carbonyl (C=O) groups excluding carboxylic acids is 1. The van der Waals surface area contributed by atoms with Crippen molar-refractivity contribution in [1.82, 2.24) is 4.98 Å². The molecule has 1 aromatic carbocycles. The van der Waals surface area contributed by atoms with Crippen LogP contribution >= 0.6 is 23.1 Å². The smallest absolute Gasteiger partial charge is 0.310 e. The fourth-order valence-electron chi connectivity index (χ4n) is 2.59. The Morgan fingerprint density at radius 3 is 2.86 bits per heavy atom. The Bertz CT molecular complexity index is 692. The summed E-state index contributed by atoms with van der Waals surface area (Å²) in [5.74, 6) is 0.0741. The second-order valence-electron chi connectivity index (χ2n) is 4.77. The van der Waals surface area contributed by atoms with Crippen molar-refractivity contribution in [1.29, 1.82) is 0 Å². The first-order chi connectivity index (χ1) is 10.2. The molecule has 0 unspecified atom stereocenters. The predicted molar refractivity (Wildman–Crippen MR) is 84.1 cm³/mol. The number of esters is 1. The van der Waals surface area contributed by atoms with Crippen molar-refractivity contribution in [3.8, 4) is 0 Å². The molecule has 0 bridgehead atoms. The number of aromatic nitrogens is 1. The highest BCUT2D eigenvalue weighted by atomic mass is 32.2. The Labute approximate surface area is 130 Å². The number of benzene rings is 1. The first-order valence-corrected chi connectivity index (χ1v) is 8.58. The molecule has 1 aliphatic rings. The van der Waals surface area contributed by atoms with Crippen LogP contribution in [-0.4, -0.2) is 23.3 Å². The third-order valence-electron chi connectivity index (χ3n) is 3.48. The number of nitrogens with one attached hydrogen (secondary N) is 1. The molecule has 2 aromatic rings. The number of H-pyrrole nitrogens is 1. The maximum atomic E-state index is 12.3. The van der Waals surface area contributed by atoms with Gasteiger partial charge in [0.15, 0.2) is 0 Å². The molecule has 2 atom stereocenters. The van der Waals surface area contributed by atoms with Crippen LogP contribution in [0.2, 0.25) is 0 Å². The minimum absolute atomic E-state index is 0.0714. The second-order valence-corrected chi connectivity index (χ2v) is 6.81. The molecule has 1 N–H and O–H groups in total. The van der Waals surface area contributed by atoms with E-state index in [0.29, 0.717) is 12.4 Å². The van der Waals surface area contributed by atoms with E-state index in [0.717, 1.165) is 15.5 Å². The van der Waals surface area contributed by atoms with E-state index in [-0.39, 0.29) is 22.7 Å². The average Bonchev–Trinajstić information content (AvgIpc) is 2.87. The molecular weight excluding hydrogens is 306 g/mol. The van der Waals surface area contributed by atoms with Gasteiger partial charge >= 0.3 is 10.8 Å². The summed E-state index contributed by atoms with van der Waals surface area (Å²) in [6.07, 6.45) is 0. The summed E-state index contributed by atoms with van der Waals surface area (Å²) in [4.78, 5) is 27.7. The van der Waals surface area contributed by atoms with E-state index in [4.69, 9.17) is 4.74 Å². The van der Waals surface area contributed by atoms with Crippen LogP contribution in [0.5, 0.6) is 0 Å². The first-order valence-electron chi connectivity index (χ1n) is 6.78. The molecule has 1 aliphatic heterocycles. The van der Waals surface area contributed by atoms with E-state index in [9.17, 15) is 9.59 Å². The van der Waals surface area contributed by atoms with Crippen LogP contribution in [0, 0.1) is 5.92 Å². The van der Waals surface area contributed by atoms with Crippen molar-refractivity contribution in [2.24, 2.45) is 5.92 Å². The van der Waals surface area contributed by atoms with Crippen LogP contribution in [0.3, 0.4) is 0 Å². The lowest BCUT2D eigenvalue weighted by Gasteiger charge is -2.29.